The van der Waals surface area contributed by atoms with Gasteiger partial charge in [-0.1, -0.05) is 42.0 Å². The summed E-state index contributed by atoms with van der Waals surface area (Å²) >= 11 is 0. The first-order valence-corrected chi connectivity index (χ1v) is 12.6. The Morgan fingerprint density at radius 2 is 1.58 bits per heavy atom. The zero-order chi connectivity index (χ0) is 27.0. The molecule has 0 aliphatic carbocycles. The van der Waals surface area contributed by atoms with Crippen molar-refractivity contribution in [1.82, 2.24) is 24.1 Å². The summed E-state index contributed by atoms with van der Waals surface area (Å²) in [6, 6.07) is 11.3. The van der Waals surface area contributed by atoms with Crippen LogP contribution < -0.4 is 5.69 Å². The largest absolute Gasteiger partial charge is 0.416 e. The molecule has 8 nitrogen and oxygen atoms in total. The van der Waals surface area contributed by atoms with Gasteiger partial charge in [-0.2, -0.15) is 18.3 Å². The van der Waals surface area contributed by atoms with Crippen LogP contribution in [0, 0.1) is 6.92 Å². The summed E-state index contributed by atoms with van der Waals surface area (Å²) in [6.07, 6.45) is -2.83. The van der Waals surface area contributed by atoms with Crippen LogP contribution in [0.15, 0.2) is 53.3 Å². The van der Waals surface area contributed by atoms with E-state index in [1.165, 1.54) is 26.3 Å². The molecule has 38 heavy (non-hydrogen) atoms. The first kappa shape index (κ1) is 25.7. The molecule has 1 unspecified atom stereocenters. The highest BCUT2D eigenvalue weighted by molar-refractivity contribution is 5.84. The smallest absolute Gasteiger partial charge is 0.341 e. The molecule has 200 valence electrons. The van der Waals surface area contributed by atoms with Crippen molar-refractivity contribution >= 4 is 11.8 Å². The van der Waals surface area contributed by atoms with Crippen molar-refractivity contribution in [3.05, 3.63) is 87.1 Å². The zero-order valence-electron chi connectivity index (χ0n) is 20.9. The SMILES string of the molecule is Cc1ccc(Cn2nc3n(c2=O)C(C(=O)N2CCCC2)CN(C(=O)Cc2ccc(C(F)(F)F)cc2)C3)cc1. The van der Waals surface area contributed by atoms with E-state index < -0.39 is 23.5 Å². The van der Waals surface area contributed by atoms with Crippen molar-refractivity contribution in [1.29, 1.82) is 0 Å². The van der Waals surface area contributed by atoms with E-state index in [2.05, 4.69) is 5.10 Å². The number of hydrogen-bond acceptors (Lipinski definition) is 4. The average molecular weight is 528 g/mol. The number of benzene rings is 2. The van der Waals surface area contributed by atoms with Crippen LogP contribution >= 0.6 is 0 Å². The van der Waals surface area contributed by atoms with Gasteiger partial charge in [0.25, 0.3) is 0 Å². The molecule has 0 radical (unpaired) electrons. The van der Waals surface area contributed by atoms with Gasteiger partial charge in [0.15, 0.2) is 5.82 Å². The van der Waals surface area contributed by atoms with E-state index >= 15 is 0 Å². The number of aryl methyl sites for hydroxylation is 1. The van der Waals surface area contributed by atoms with Gasteiger partial charge in [-0.15, -0.1) is 0 Å². The lowest BCUT2D eigenvalue weighted by atomic mass is 10.1. The predicted molar refractivity (Wildman–Crippen MR) is 132 cm³/mol. The minimum Gasteiger partial charge on any atom is -0.341 e. The third-order valence-electron chi connectivity index (χ3n) is 7.12. The number of rotatable bonds is 5. The van der Waals surface area contributed by atoms with E-state index in [-0.39, 0.29) is 37.9 Å². The minimum atomic E-state index is -4.46. The second kappa shape index (κ2) is 10.1. The average Bonchev–Trinajstić information content (AvgIpc) is 3.53. The van der Waals surface area contributed by atoms with Gasteiger partial charge in [0.2, 0.25) is 11.8 Å². The molecule has 2 aromatic carbocycles. The monoisotopic (exact) mass is 527 g/mol. The number of carbonyl (C=O) groups is 2. The van der Waals surface area contributed by atoms with Gasteiger partial charge in [-0.25, -0.2) is 9.48 Å². The summed E-state index contributed by atoms with van der Waals surface area (Å²) in [5, 5.41) is 4.48. The molecule has 0 bridgehead atoms. The van der Waals surface area contributed by atoms with E-state index in [4.69, 9.17) is 0 Å². The summed E-state index contributed by atoms with van der Waals surface area (Å²) in [6.45, 7) is 3.41. The number of carbonyl (C=O) groups excluding carboxylic acids is 2. The molecule has 1 aromatic heterocycles. The molecular weight excluding hydrogens is 499 g/mol. The Morgan fingerprint density at radius 1 is 0.947 bits per heavy atom. The fraction of sp³-hybridized carbons (Fsp3) is 0.407. The van der Waals surface area contributed by atoms with Crippen LogP contribution in [0.2, 0.25) is 0 Å². The first-order chi connectivity index (χ1) is 18.1. The number of amides is 2. The molecule has 0 spiro atoms. The standard InChI is InChI=1S/C27H28F3N5O3/c1-18-4-6-20(7-5-18)15-34-26(38)35-22(25(37)32-12-2-3-13-32)16-33(17-23(35)31-34)24(36)14-19-8-10-21(11-9-19)27(28,29)30/h4-11,22H,2-3,12-17H2,1H3. The van der Waals surface area contributed by atoms with E-state index in [0.29, 0.717) is 24.5 Å². The highest BCUT2D eigenvalue weighted by atomic mass is 19.4. The van der Waals surface area contributed by atoms with Gasteiger partial charge >= 0.3 is 11.9 Å². The maximum absolute atomic E-state index is 13.5. The lowest BCUT2D eigenvalue weighted by Crippen LogP contribution is -2.50. The van der Waals surface area contributed by atoms with Gasteiger partial charge in [0, 0.05) is 13.1 Å². The zero-order valence-corrected chi connectivity index (χ0v) is 20.9. The van der Waals surface area contributed by atoms with Crippen molar-refractivity contribution in [2.45, 2.75) is 51.5 Å². The summed E-state index contributed by atoms with van der Waals surface area (Å²) < 4.78 is 41.4. The number of likely N-dealkylation sites (tertiary alicyclic amines) is 1. The maximum atomic E-state index is 13.5. The molecule has 0 N–H and O–H groups in total. The van der Waals surface area contributed by atoms with Crippen LogP contribution in [0.1, 0.15) is 47.0 Å². The van der Waals surface area contributed by atoms with Crippen molar-refractivity contribution in [3.8, 4) is 0 Å². The van der Waals surface area contributed by atoms with E-state index in [1.807, 2.05) is 31.2 Å². The van der Waals surface area contributed by atoms with Crippen molar-refractivity contribution in [3.63, 3.8) is 0 Å². The van der Waals surface area contributed by atoms with Gasteiger partial charge in [0.1, 0.15) is 6.04 Å². The molecule has 5 rings (SSSR count). The number of hydrogen-bond donors (Lipinski definition) is 0. The maximum Gasteiger partial charge on any atom is 0.416 e. The number of alkyl halides is 3. The Labute approximate surface area is 217 Å². The molecule has 3 aromatic rings. The van der Waals surface area contributed by atoms with Crippen molar-refractivity contribution in [2.75, 3.05) is 19.6 Å². The second-order valence-corrected chi connectivity index (χ2v) is 9.91. The van der Waals surface area contributed by atoms with Crippen LogP contribution in [0.5, 0.6) is 0 Å². The van der Waals surface area contributed by atoms with Crippen LogP contribution in [0.4, 0.5) is 13.2 Å². The van der Waals surface area contributed by atoms with Crippen LogP contribution in [-0.2, 0) is 35.3 Å². The number of nitrogens with zero attached hydrogens (tertiary/aromatic N) is 5. The summed E-state index contributed by atoms with van der Waals surface area (Å²) in [4.78, 5) is 43.3. The van der Waals surface area contributed by atoms with Gasteiger partial charge < -0.3 is 9.80 Å². The number of fused-ring (bicyclic) bond motifs is 1. The highest BCUT2D eigenvalue weighted by Gasteiger charge is 2.38. The van der Waals surface area contributed by atoms with E-state index in [0.717, 1.165) is 36.1 Å². The Morgan fingerprint density at radius 3 is 2.21 bits per heavy atom. The first-order valence-electron chi connectivity index (χ1n) is 12.6. The van der Waals surface area contributed by atoms with Crippen LogP contribution in [0.25, 0.3) is 0 Å². The van der Waals surface area contributed by atoms with Crippen molar-refractivity contribution in [2.24, 2.45) is 0 Å². The van der Waals surface area contributed by atoms with Crippen LogP contribution in [-0.4, -0.2) is 55.6 Å². The summed E-state index contributed by atoms with van der Waals surface area (Å²) in [5.41, 5.74) is 1.20. The van der Waals surface area contributed by atoms with Gasteiger partial charge in [-0.3, -0.25) is 14.2 Å². The highest BCUT2D eigenvalue weighted by Crippen LogP contribution is 2.29. The predicted octanol–water partition coefficient (Wildman–Crippen LogP) is 3.17. The Hall–Kier alpha value is -3.89. The summed E-state index contributed by atoms with van der Waals surface area (Å²) in [5.74, 6) is -0.268. The molecule has 11 heteroatoms. The van der Waals surface area contributed by atoms with Gasteiger partial charge in [0.05, 0.1) is 31.6 Å². The van der Waals surface area contributed by atoms with Crippen molar-refractivity contribution < 1.29 is 22.8 Å². The molecule has 1 fully saturated rings. The van der Waals surface area contributed by atoms with Gasteiger partial charge in [-0.05, 0) is 43.0 Å². The minimum absolute atomic E-state index is 0.00205. The third kappa shape index (κ3) is 5.23. The molecule has 3 heterocycles. The second-order valence-electron chi connectivity index (χ2n) is 9.91. The lowest BCUT2D eigenvalue weighted by Gasteiger charge is -2.34. The molecule has 0 saturated carbocycles. The fourth-order valence-electron chi connectivity index (χ4n) is 5.01. The topological polar surface area (TPSA) is 80.4 Å². The molecule has 2 aliphatic heterocycles. The van der Waals surface area contributed by atoms with E-state index in [9.17, 15) is 27.6 Å². The third-order valence-corrected chi connectivity index (χ3v) is 7.12. The number of aromatic nitrogens is 3. The Balaban J connectivity index is 1.41. The molecule has 1 atom stereocenters. The van der Waals surface area contributed by atoms with E-state index in [1.54, 1.807) is 4.90 Å². The quantitative estimate of drug-likeness (QED) is 0.511. The Kier molecular flexibility index (Phi) is 6.85. The molecular formula is C27H28F3N5O3. The fourth-order valence-corrected chi connectivity index (χ4v) is 5.01. The Bertz CT molecular complexity index is 1390. The van der Waals surface area contributed by atoms with Crippen LogP contribution in [0.3, 0.4) is 0 Å². The summed E-state index contributed by atoms with van der Waals surface area (Å²) in [7, 11) is 0. The molecule has 2 amide bonds. The molecule has 1 saturated heterocycles. The lowest BCUT2D eigenvalue weighted by molar-refractivity contribution is -0.139. The normalized spacial score (nSPS) is 17.5. The molecule has 2 aliphatic rings. The number of halogens is 3.